The lowest BCUT2D eigenvalue weighted by molar-refractivity contribution is 0.259. The van der Waals surface area contributed by atoms with Gasteiger partial charge in [0.05, 0.1) is 6.61 Å². The smallest absolute Gasteiger partial charge is 0.227 e. The Balaban J connectivity index is 1.69. The predicted molar refractivity (Wildman–Crippen MR) is 106 cm³/mol. The van der Waals surface area contributed by atoms with Gasteiger partial charge in [0.2, 0.25) is 5.95 Å². The monoisotopic (exact) mass is 376 g/mol. The molecule has 3 rings (SSSR count). The van der Waals surface area contributed by atoms with Crippen LogP contribution in [0, 0.1) is 0 Å². The molecule has 0 saturated carbocycles. The molecule has 1 saturated heterocycles. The molecule has 0 amide bonds. The van der Waals surface area contributed by atoms with Crippen LogP contribution in [0.1, 0.15) is 32.5 Å². The standard InChI is InChI=1S/C19H28N4O2S/c1-4-23-18(14-25-17-9-7-6-8-16(17)24-5-2)20-21-19(23)22-12-10-15(26-3)11-13-22/h6-9,15H,4-5,10-14H2,1-3H3. The Kier molecular flexibility index (Phi) is 6.66. The van der Waals surface area contributed by atoms with Crippen LogP contribution in [0.5, 0.6) is 11.5 Å². The predicted octanol–water partition coefficient (Wildman–Crippen LogP) is 3.61. The van der Waals surface area contributed by atoms with Crippen LogP contribution >= 0.6 is 11.8 Å². The van der Waals surface area contributed by atoms with Crippen molar-refractivity contribution in [3.05, 3.63) is 30.1 Å². The second-order valence-electron chi connectivity index (χ2n) is 6.25. The maximum atomic E-state index is 5.98. The summed E-state index contributed by atoms with van der Waals surface area (Å²) in [5, 5.41) is 9.61. The van der Waals surface area contributed by atoms with Gasteiger partial charge in [-0.1, -0.05) is 12.1 Å². The van der Waals surface area contributed by atoms with Crippen molar-refractivity contribution in [2.24, 2.45) is 0 Å². The quantitative estimate of drug-likeness (QED) is 0.702. The first-order valence-corrected chi connectivity index (χ1v) is 10.6. The summed E-state index contributed by atoms with van der Waals surface area (Å²) in [4.78, 5) is 2.35. The van der Waals surface area contributed by atoms with Crippen LogP contribution in [-0.4, -0.2) is 46.0 Å². The summed E-state index contributed by atoms with van der Waals surface area (Å²) >= 11 is 1.97. The van der Waals surface area contributed by atoms with Crippen molar-refractivity contribution >= 4 is 17.7 Å². The molecule has 1 aromatic heterocycles. The minimum atomic E-state index is 0.381. The number of para-hydroxylation sites is 2. The van der Waals surface area contributed by atoms with Gasteiger partial charge in [-0.3, -0.25) is 4.57 Å². The van der Waals surface area contributed by atoms with Crippen molar-refractivity contribution < 1.29 is 9.47 Å². The average molecular weight is 377 g/mol. The molecule has 0 unspecified atom stereocenters. The van der Waals surface area contributed by atoms with Crippen LogP contribution in [0.2, 0.25) is 0 Å². The van der Waals surface area contributed by atoms with E-state index in [-0.39, 0.29) is 0 Å². The molecule has 0 spiro atoms. The number of hydrogen-bond acceptors (Lipinski definition) is 6. The summed E-state index contributed by atoms with van der Waals surface area (Å²) in [7, 11) is 0. The average Bonchev–Trinajstić information content (AvgIpc) is 3.10. The van der Waals surface area contributed by atoms with Gasteiger partial charge in [-0.25, -0.2) is 0 Å². The van der Waals surface area contributed by atoms with Gasteiger partial charge in [-0.2, -0.15) is 11.8 Å². The second kappa shape index (κ2) is 9.16. The fourth-order valence-electron chi connectivity index (χ4n) is 3.27. The lowest BCUT2D eigenvalue weighted by atomic mass is 10.1. The summed E-state index contributed by atoms with van der Waals surface area (Å²) in [6.07, 6.45) is 4.60. The first-order chi connectivity index (χ1) is 12.8. The van der Waals surface area contributed by atoms with Gasteiger partial charge in [-0.15, -0.1) is 10.2 Å². The van der Waals surface area contributed by atoms with Crippen molar-refractivity contribution in [2.75, 3.05) is 30.9 Å². The molecule has 26 heavy (non-hydrogen) atoms. The Morgan fingerprint density at radius 1 is 1.08 bits per heavy atom. The highest BCUT2D eigenvalue weighted by Crippen LogP contribution is 2.28. The third kappa shape index (κ3) is 4.26. The Hall–Kier alpha value is -1.89. The molecule has 1 aliphatic rings. The summed E-state index contributed by atoms with van der Waals surface area (Å²) in [5.74, 6) is 3.31. The molecule has 142 valence electrons. The number of benzene rings is 1. The topological polar surface area (TPSA) is 52.4 Å². The lowest BCUT2D eigenvalue weighted by Crippen LogP contribution is -2.36. The molecule has 0 atom stereocenters. The minimum Gasteiger partial charge on any atom is -0.490 e. The van der Waals surface area contributed by atoms with E-state index in [4.69, 9.17) is 9.47 Å². The van der Waals surface area contributed by atoms with Gasteiger partial charge in [0.15, 0.2) is 17.3 Å². The third-order valence-electron chi connectivity index (χ3n) is 4.69. The summed E-state index contributed by atoms with van der Waals surface area (Å²) < 4.78 is 13.8. The molecule has 2 heterocycles. The highest BCUT2D eigenvalue weighted by Gasteiger charge is 2.23. The number of nitrogens with zero attached hydrogens (tertiary/aromatic N) is 4. The van der Waals surface area contributed by atoms with Gasteiger partial charge in [0.1, 0.15) is 6.61 Å². The molecule has 0 N–H and O–H groups in total. The van der Waals surface area contributed by atoms with Gasteiger partial charge >= 0.3 is 0 Å². The number of hydrogen-bond donors (Lipinski definition) is 0. The molecule has 1 aliphatic heterocycles. The Morgan fingerprint density at radius 3 is 2.38 bits per heavy atom. The largest absolute Gasteiger partial charge is 0.490 e. The SMILES string of the molecule is CCOc1ccccc1OCc1nnc(N2CCC(SC)CC2)n1CC. The first-order valence-electron chi connectivity index (χ1n) is 9.31. The van der Waals surface area contributed by atoms with Crippen LogP contribution in [-0.2, 0) is 13.2 Å². The van der Waals surface area contributed by atoms with Gasteiger partial charge < -0.3 is 14.4 Å². The van der Waals surface area contributed by atoms with E-state index in [9.17, 15) is 0 Å². The normalized spacial score (nSPS) is 15.3. The molecule has 0 bridgehead atoms. The van der Waals surface area contributed by atoms with Crippen LogP contribution < -0.4 is 14.4 Å². The zero-order chi connectivity index (χ0) is 18.4. The van der Waals surface area contributed by atoms with E-state index in [2.05, 4.69) is 32.8 Å². The Labute approximate surface area is 159 Å². The zero-order valence-electron chi connectivity index (χ0n) is 15.9. The van der Waals surface area contributed by atoms with Crippen molar-refractivity contribution in [1.29, 1.82) is 0 Å². The van der Waals surface area contributed by atoms with Crippen LogP contribution in [0.25, 0.3) is 0 Å². The maximum Gasteiger partial charge on any atom is 0.227 e. The number of ether oxygens (including phenoxy) is 2. The molecule has 1 aromatic carbocycles. The Morgan fingerprint density at radius 2 is 1.77 bits per heavy atom. The van der Waals surface area contributed by atoms with E-state index in [1.165, 1.54) is 12.8 Å². The first kappa shape index (κ1) is 18.9. The number of piperidine rings is 1. The number of aromatic nitrogens is 3. The number of anilines is 1. The molecule has 6 nitrogen and oxygen atoms in total. The molecule has 0 radical (unpaired) electrons. The highest BCUT2D eigenvalue weighted by molar-refractivity contribution is 7.99. The molecule has 0 aliphatic carbocycles. The molecular weight excluding hydrogens is 348 g/mol. The molecule has 7 heteroatoms. The fourth-order valence-corrected chi connectivity index (χ4v) is 3.95. The van der Waals surface area contributed by atoms with Crippen molar-refractivity contribution in [1.82, 2.24) is 14.8 Å². The van der Waals surface area contributed by atoms with Crippen LogP contribution in [0.4, 0.5) is 5.95 Å². The van der Waals surface area contributed by atoms with E-state index >= 15 is 0 Å². The lowest BCUT2D eigenvalue weighted by Gasteiger charge is -2.31. The third-order valence-corrected chi connectivity index (χ3v) is 5.83. The summed E-state index contributed by atoms with van der Waals surface area (Å²) in [6.45, 7) is 8.00. The maximum absolute atomic E-state index is 5.98. The van der Waals surface area contributed by atoms with Crippen LogP contribution in [0.3, 0.4) is 0 Å². The van der Waals surface area contributed by atoms with Gasteiger partial charge in [0, 0.05) is 24.9 Å². The highest BCUT2D eigenvalue weighted by atomic mass is 32.2. The van der Waals surface area contributed by atoms with E-state index in [0.717, 1.165) is 48.2 Å². The van der Waals surface area contributed by atoms with Gasteiger partial charge in [-0.05, 0) is 45.1 Å². The van der Waals surface area contributed by atoms with E-state index in [1.807, 2.05) is 43.0 Å². The summed E-state index contributed by atoms with van der Waals surface area (Å²) in [6, 6.07) is 7.74. The second-order valence-corrected chi connectivity index (χ2v) is 7.39. The summed E-state index contributed by atoms with van der Waals surface area (Å²) in [5.41, 5.74) is 0. The Bertz CT molecular complexity index is 699. The van der Waals surface area contributed by atoms with Crippen LogP contribution in [0.15, 0.2) is 24.3 Å². The van der Waals surface area contributed by atoms with Gasteiger partial charge in [0.25, 0.3) is 0 Å². The molecular formula is C19H28N4O2S. The molecule has 2 aromatic rings. The van der Waals surface area contributed by atoms with Crippen molar-refractivity contribution in [3.8, 4) is 11.5 Å². The number of thioether (sulfide) groups is 1. The van der Waals surface area contributed by atoms with Crippen molar-refractivity contribution in [3.63, 3.8) is 0 Å². The number of rotatable bonds is 8. The molecule has 1 fully saturated rings. The van der Waals surface area contributed by atoms with E-state index < -0.39 is 0 Å². The van der Waals surface area contributed by atoms with E-state index in [1.54, 1.807) is 0 Å². The minimum absolute atomic E-state index is 0.381. The van der Waals surface area contributed by atoms with E-state index in [0.29, 0.717) is 13.2 Å². The zero-order valence-corrected chi connectivity index (χ0v) is 16.7. The van der Waals surface area contributed by atoms with Crippen molar-refractivity contribution in [2.45, 2.75) is 45.1 Å². The fraction of sp³-hybridized carbons (Fsp3) is 0.579.